The van der Waals surface area contributed by atoms with Crippen LogP contribution < -0.4 is 15.8 Å². The van der Waals surface area contributed by atoms with Crippen LogP contribution in [0.2, 0.25) is 5.15 Å². The highest BCUT2D eigenvalue weighted by molar-refractivity contribution is 6.31. The van der Waals surface area contributed by atoms with Crippen LogP contribution in [0.4, 0.5) is 5.69 Å². The second kappa shape index (κ2) is 9.41. The van der Waals surface area contributed by atoms with Crippen LogP contribution in [0.3, 0.4) is 0 Å². The molecule has 0 aliphatic rings. The first-order valence-corrected chi connectivity index (χ1v) is 9.35. The molecule has 0 aliphatic heterocycles. The van der Waals surface area contributed by atoms with Crippen molar-refractivity contribution in [2.45, 2.75) is 27.3 Å². The minimum absolute atomic E-state index is 0.399. The highest BCUT2D eigenvalue weighted by Crippen LogP contribution is 2.22. The van der Waals surface area contributed by atoms with Gasteiger partial charge in [-0.05, 0) is 37.1 Å². The maximum Gasteiger partial charge on any atom is 0.269 e. The number of nitrogens with zero attached hydrogens (tertiary/aromatic N) is 3. The van der Waals surface area contributed by atoms with Crippen LogP contribution in [0.1, 0.15) is 35.5 Å². The van der Waals surface area contributed by atoms with E-state index in [2.05, 4.69) is 29.8 Å². The summed E-state index contributed by atoms with van der Waals surface area (Å²) >= 11 is 6.35. The van der Waals surface area contributed by atoms with Crippen molar-refractivity contribution in [1.29, 1.82) is 0 Å². The molecule has 0 bridgehead atoms. The van der Waals surface area contributed by atoms with Gasteiger partial charge in [0.05, 0.1) is 5.69 Å². The van der Waals surface area contributed by atoms with Crippen LogP contribution in [0.5, 0.6) is 0 Å². The number of benzene rings is 1. The van der Waals surface area contributed by atoms with Gasteiger partial charge in [-0.15, -0.1) is 0 Å². The minimum atomic E-state index is -0.468. The SMILES string of the molecule is Cc1nn(CC(C)C)c(Cl)c1/C=C/C(=O)NNC(=O)c1cccc(N(C)C)c1. The molecule has 0 spiro atoms. The van der Waals surface area contributed by atoms with Crippen LogP contribution >= 0.6 is 11.6 Å². The van der Waals surface area contributed by atoms with E-state index in [4.69, 9.17) is 11.6 Å². The van der Waals surface area contributed by atoms with E-state index in [0.29, 0.717) is 28.7 Å². The summed E-state index contributed by atoms with van der Waals surface area (Å²) in [5.41, 5.74) is 7.53. The largest absolute Gasteiger partial charge is 0.378 e. The topological polar surface area (TPSA) is 79.3 Å². The van der Waals surface area contributed by atoms with Crippen molar-refractivity contribution in [3.8, 4) is 0 Å². The average Bonchev–Trinajstić information content (AvgIpc) is 2.90. The first-order chi connectivity index (χ1) is 13.2. The Labute approximate surface area is 170 Å². The fraction of sp³-hybridized carbons (Fsp3) is 0.350. The molecule has 0 saturated heterocycles. The van der Waals surface area contributed by atoms with Gasteiger partial charge in [0.25, 0.3) is 11.8 Å². The van der Waals surface area contributed by atoms with E-state index in [0.717, 1.165) is 11.4 Å². The Morgan fingerprint density at radius 1 is 1.29 bits per heavy atom. The van der Waals surface area contributed by atoms with Gasteiger partial charge in [0.2, 0.25) is 0 Å². The summed E-state index contributed by atoms with van der Waals surface area (Å²) in [7, 11) is 3.78. The third kappa shape index (κ3) is 5.60. The van der Waals surface area contributed by atoms with E-state index >= 15 is 0 Å². The molecule has 2 N–H and O–H groups in total. The Morgan fingerprint density at radius 3 is 2.64 bits per heavy atom. The van der Waals surface area contributed by atoms with Crippen LogP contribution in [0.25, 0.3) is 6.08 Å². The lowest BCUT2D eigenvalue weighted by molar-refractivity contribution is -0.117. The summed E-state index contributed by atoms with van der Waals surface area (Å²) in [6, 6.07) is 7.09. The predicted molar refractivity (Wildman–Crippen MR) is 112 cm³/mol. The Kier molecular flexibility index (Phi) is 7.23. The quantitative estimate of drug-likeness (QED) is 0.574. The fourth-order valence-corrected chi connectivity index (χ4v) is 2.85. The number of hydrogen-bond acceptors (Lipinski definition) is 4. The number of halogens is 1. The number of carbonyl (C=O) groups excluding carboxylic acids is 2. The Balaban J connectivity index is 1.98. The third-order valence-corrected chi connectivity index (χ3v) is 4.37. The number of anilines is 1. The summed E-state index contributed by atoms with van der Waals surface area (Å²) in [5, 5.41) is 4.88. The van der Waals surface area contributed by atoms with Gasteiger partial charge in [-0.1, -0.05) is 31.5 Å². The number of hydrogen-bond donors (Lipinski definition) is 2. The molecule has 2 aromatic rings. The fourth-order valence-electron chi connectivity index (χ4n) is 2.54. The Morgan fingerprint density at radius 2 is 2.00 bits per heavy atom. The van der Waals surface area contributed by atoms with Gasteiger partial charge in [-0.2, -0.15) is 5.10 Å². The van der Waals surface area contributed by atoms with Crippen molar-refractivity contribution in [2.75, 3.05) is 19.0 Å². The molecule has 0 radical (unpaired) electrons. The Bertz CT molecular complexity index is 887. The van der Waals surface area contributed by atoms with Gasteiger partial charge in [0, 0.05) is 43.5 Å². The lowest BCUT2D eigenvalue weighted by Gasteiger charge is -2.13. The van der Waals surface area contributed by atoms with E-state index in [9.17, 15) is 9.59 Å². The van der Waals surface area contributed by atoms with Crippen LogP contribution in [-0.2, 0) is 11.3 Å². The molecule has 1 heterocycles. The smallest absolute Gasteiger partial charge is 0.269 e. The number of rotatable bonds is 6. The first kappa shape index (κ1) is 21.5. The normalized spacial score (nSPS) is 11.1. The van der Waals surface area contributed by atoms with Gasteiger partial charge in [-0.3, -0.25) is 25.1 Å². The molecule has 0 fully saturated rings. The number of aryl methyl sites for hydroxylation is 1. The van der Waals surface area contributed by atoms with Crippen molar-refractivity contribution in [3.63, 3.8) is 0 Å². The lowest BCUT2D eigenvalue weighted by Crippen LogP contribution is -2.40. The summed E-state index contributed by atoms with van der Waals surface area (Å²) in [5.74, 6) is -0.466. The standard InChI is InChI=1S/C20H26ClN5O2/c1-13(2)12-26-19(21)17(14(3)24-26)9-10-18(27)22-23-20(28)15-7-6-8-16(11-15)25(4)5/h6-11,13H,12H2,1-5H3,(H,22,27)(H,23,28)/b10-9+. The molecular weight excluding hydrogens is 378 g/mol. The zero-order valence-electron chi connectivity index (χ0n) is 16.8. The van der Waals surface area contributed by atoms with Gasteiger partial charge in [0.1, 0.15) is 5.15 Å². The van der Waals surface area contributed by atoms with Crippen molar-refractivity contribution >= 4 is 35.2 Å². The van der Waals surface area contributed by atoms with Crippen molar-refractivity contribution < 1.29 is 9.59 Å². The summed E-state index contributed by atoms with van der Waals surface area (Å²) in [4.78, 5) is 26.1. The Hall–Kier alpha value is -2.80. The average molecular weight is 404 g/mol. The maximum atomic E-state index is 12.2. The predicted octanol–water partition coefficient (Wildman–Crippen LogP) is 3.04. The molecule has 7 nitrogen and oxygen atoms in total. The lowest BCUT2D eigenvalue weighted by atomic mass is 10.2. The highest BCUT2D eigenvalue weighted by Gasteiger charge is 2.12. The van der Waals surface area contributed by atoms with E-state index < -0.39 is 11.8 Å². The molecule has 2 amide bonds. The van der Waals surface area contributed by atoms with Gasteiger partial charge >= 0.3 is 0 Å². The molecule has 0 unspecified atom stereocenters. The second-order valence-corrected chi connectivity index (χ2v) is 7.45. The molecule has 0 aliphatic carbocycles. The summed E-state index contributed by atoms with van der Waals surface area (Å²) in [6.45, 7) is 6.68. The molecule has 1 aromatic heterocycles. The van der Waals surface area contributed by atoms with E-state index in [1.54, 1.807) is 29.0 Å². The number of carbonyl (C=O) groups is 2. The van der Waals surface area contributed by atoms with Crippen molar-refractivity contribution in [3.05, 3.63) is 52.3 Å². The van der Waals surface area contributed by atoms with Crippen LogP contribution in [0.15, 0.2) is 30.3 Å². The van der Waals surface area contributed by atoms with E-state index in [-0.39, 0.29) is 0 Å². The number of aromatic nitrogens is 2. The van der Waals surface area contributed by atoms with Crippen LogP contribution in [0, 0.1) is 12.8 Å². The molecule has 8 heteroatoms. The number of hydrazine groups is 1. The summed E-state index contributed by atoms with van der Waals surface area (Å²) < 4.78 is 1.72. The zero-order chi connectivity index (χ0) is 20.8. The minimum Gasteiger partial charge on any atom is -0.378 e. The van der Waals surface area contributed by atoms with Crippen molar-refractivity contribution in [1.82, 2.24) is 20.6 Å². The van der Waals surface area contributed by atoms with E-state index in [1.165, 1.54) is 6.08 Å². The molecule has 1 aromatic carbocycles. The van der Waals surface area contributed by atoms with E-state index in [1.807, 2.05) is 32.0 Å². The number of amides is 2. The molecule has 0 atom stereocenters. The second-order valence-electron chi connectivity index (χ2n) is 7.09. The zero-order valence-corrected chi connectivity index (χ0v) is 17.5. The molecule has 0 saturated carbocycles. The van der Waals surface area contributed by atoms with Gasteiger partial charge in [-0.25, -0.2) is 0 Å². The number of nitrogens with one attached hydrogen (secondary N) is 2. The highest BCUT2D eigenvalue weighted by atomic mass is 35.5. The van der Waals surface area contributed by atoms with Crippen molar-refractivity contribution in [2.24, 2.45) is 5.92 Å². The van der Waals surface area contributed by atoms with Gasteiger partial charge < -0.3 is 4.90 Å². The van der Waals surface area contributed by atoms with Gasteiger partial charge in [0.15, 0.2) is 0 Å². The maximum absolute atomic E-state index is 12.2. The van der Waals surface area contributed by atoms with Crippen LogP contribution in [-0.4, -0.2) is 35.7 Å². The summed E-state index contributed by atoms with van der Waals surface area (Å²) in [6.07, 6.45) is 2.90. The first-order valence-electron chi connectivity index (χ1n) is 8.97. The molecular formula is C20H26ClN5O2. The monoisotopic (exact) mass is 403 g/mol. The molecule has 28 heavy (non-hydrogen) atoms. The molecule has 150 valence electrons. The molecule has 2 rings (SSSR count). The third-order valence-electron chi connectivity index (χ3n) is 3.97.